The second-order valence-corrected chi connectivity index (χ2v) is 13.1. The number of aliphatic hydroxyl groups excluding tert-OH is 1. The van der Waals surface area contributed by atoms with Gasteiger partial charge < -0.3 is 9.84 Å². The Morgan fingerprint density at radius 1 is 0.842 bits per heavy atom. The van der Waals surface area contributed by atoms with E-state index in [2.05, 4.69) is 4.72 Å². The third-order valence-corrected chi connectivity index (χ3v) is 8.95. The number of hydrogen-bond donors (Lipinski definition) is 2. The highest BCUT2D eigenvalue weighted by molar-refractivity contribution is 7.84. The van der Waals surface area contributed by atoms with Crippen LogP contribution in [0.3, 0.4) is 0 Å². The van der Waals surface area contributed by atoms with Crippen LogP contribution >= 0.6 is 0 Å². The molecule has 0 aromatic heterocycles. The van der Waals surface area contributed by atoms with Gasteiger partial charge in [0, 0.05) is 17.9 Å². The third-order valence-electron chi connectivity index (χ3n) is 7.35. The van der Waals surface area contributed by atoms with Crippen molar-refractivity contribution in [3.63, 3.8) is 0 Å². The number of benzene rings is 3. The minimum absolute atomic E-state index is 0.192. The van der Waals surface area contributed by atoms with E-state index < -0.39 is 27.9 Å². The summed E-state index contributed by atoms with van der Waals surface area (Å²) in [4.78, 5) is 13.3. The number of esters is 1. The molecule has 38 heavy (non-hydrogen) atoms. The molecule has 0 amide bonds. The first kappa shape index (κ1) is 28.2. The minimum atomic E-state index is -1.38. The molecule has 0 aliphatic heterocycles. The van der Waals surface area contributed by atoms with Gasteiger partial charge in [0.25, 0.3) is 0 Å². The molecule has 2 N–H and O–H groups in total. The quantitative estimate of drug-likeness (QED) is 0.254. The van der Waals surface area contributed by atoms with Crippen LogP contribution in [0, 0.1) is 11.8 Å². The normalized spacial score (nSPS) is 22.6. The van der Waals surface area contributed by atoms with Gasteiger partial charge in [0.2, 0.25) is 0 Å². The summed E-state index contributed by atoms with van der Waals surface area (Å²) in [5.74, 6) is -0.792. The van der Waals surface area contributed by atoms with E-state index >= 15 is 0 Å². The first-order chi connectivity index (χ1) is 18.3. The Hall–Kier alpha value is -2.80. The lowest BCUT2D eigenvalue weighted by atomic mass is 9.78. The molecule has 4 rings (SSSR count). The molecule has 0 bridgehead atoms. The Balaban J connectivity index is 1.76. The number of ether oxygens (including phenoxy) is 1. The van der Waals surface area contributed by atoms with E-state index in [1.54, 1.807) is 12.1 Å². The summed E-state index contributed by atoms with van der Waals surface area (Å²) in [6, 6.07) is 28.1. The van der Waals surface area contributed by atoms with Crippen LogP contribution in [0.2, 0.25) is 0 Å². The Kier molecular flexibility index (Phi) is 9.53. The average molecular weight is 534 g/mol. The lowest BCUT2D eigenvalue weighted by Crippen LogP contribution is -2.50. The monoisotopic (exact) mass is 533 g/mol. The van der Waals surface area contributed by atoms with Crippen molar-refractivity contribution in [2.24, 2.45) is 11.8 Å². The van der Waals surface area contributed by atoms with Crippen LogP contribution < -0.4 is 4.72 Å². The second kappa shape index (κ2) is 12.8. The molecule has 1 fully saturated rings. The van der Waals surface area contributed by atoms with Crippen molar-refractivity contribution in [3.05, 3.63) is 108 Å². The lowest BCUT2D eigenvalue weighted by Gasteiger charge is -2.39. The zero-order chi connectivity index (χ0) is 27.1. The first-order valence-electron chi connectivity index (χ1n) is 13.5. The zero-order valence-electron chi connectivity index (χ0n) is 22.5. The van der Waals surface area contributed by atoms with Gasteiger partial charge in [-0.15, -0.1) is 0 Å². The second-order valence-electron chi connectivity index (χ2n) is 11.1. The van der Waals surface area contributed by atoms with Crippen molar-refractivity contribution < 1.29 is 18.8 Å². The number of nitrogens with one attached hydrogen (secondary N) is 1. The highest BCUT2D eigenvalue weighted by Crippen LogP contribution is 2.43. The topological polar surface area (TPSA) is 75.6 Å². The maximum atomic E-state index is 13.5. The molecule has 0 saturated heterocycles. The maximum absolute atomic E-state index is 13.5. The molecule has 1 aliphatic rings. The predicted molar refractivity (Wildman–Crippen MR) is 153 cm³/mol. The largest absolute Gasteiger partial charge is 0.454 e. The van der Waals surface area contributed by atoms with Gasteiger partial charge in [-0.3, -0.25) is 0 Å². The summed E-state index contributed by atoms with van der Waals surface area (Å²) >= 11 is 0. The van der Waals surface area contributed by atoms with Gasteiger partial charge >= 0.3 is 5.97 Å². The van der Waals surface area contributed by atoms with Crippen LogP contribution in [0.5, 0.6) is 0 Å². The van der Waals surface area contributed by atoms with E-state index in [1.165, 1.54) is 0 Å². The molecular weight excluding hydrogens is 494 g/mol. The molecule has 1 saturated carbocycles. The summed E-state index contributed by atoms with van der Waals surface area (Å²) in [5.41, 5.74) is 2.22. The van der Waals surface area contributed by atoms with E-state index in [-0.39, 0.29) is 23.8 Å². The van der Waals surface area contributed by atoms with Gasteiger partial charge in [0.05, 0.1) is 27.4 Å². The van der Waals surface area contributed by atoms with Crippen molar-refractivity contribution >= 4 is 17.0 Å². The molecule has 202 valence electrons. The van der Waals surface area contributed by atoms with Crippen molar-refractivity contribution in [1.82, 2.24) is 4.72 Å². The molecule has 0 heterocycles. The van der Waals surface area contributed by atoms with Crippen LogP contribution in [0.15, 0.2) is 91.0 Å². The predicted octanol–water partition coefficient (Wildman–Crippen LogP) is 6.55. The Morgan fingerprint density at radius 3 is 1.89 bits per heavy atom. The molecule has 6 atom stereocenters. The fourth-order valence-electron chi connectivity index (χ4n) is 5.31. The van der Waals surface area contributed by atoms with Gasteiger partial charge in [0.15, 0.2) is 0 Å². The standard InChI is InChI=1S/C32H39NO4S/c1-32(2,3)38(36)33-28-26(29(34)23-15-7-4-8-16-23)21-13-14-22-27(28)30(24-17-9-5-10-18-24)37-31(35)25-19-11-6-12-20-25/h4-12,15-20,26-30,33-34H,13-14,21-22H2,1-3H3/t26-,27-,28-,29-,30-,38?/m1/s1. The molecule has 3 aromatic carbocycles. The minimum Gasteiger partial charge on any atom is -0.454 e. The molecule has 1 aliphatic carbocycles. The van der Waals surface area contributed by atoms with E-state index in [0.717, 1.165) is 36.8 Å². The number of hydrogen-bond acceptors (Lipinski definition) is 4. The van der Waals surface area contributed by atoms with Crippen LogP contribution in [-0.2, 0) is 15.7 Å². The molecule has 6 heteroatoms. The van der Waals surface area contributed by atoms with Crippen molar-refractivity contribution in [2.45, 2.75) is 69.5 Å². The molecule has 3 aromatic rings. The van der Waals surface area contributed by atoms with Crippen LogP contribution in [0.25, 0.3) is 0 Å². The fraction of sp³-hybridized carbons (Fsp3) is 0.406. The van der Waals surface area contributed by atoms with E-state index in [4.69, 9.17) is 4.74 Å². The first-order valence-corrected chi connectivity index (χ1v) is 14.6. The Labute approximate surface area is 229 Å². The highest BCUT2D eigenvalue weighted by Gasteiger charge is 2.43. The van der Waals surface area contributed by atoms with Crippen LogP contribution in [0.1, 0.15) is 80.1 Å². The molecule has 0 spiro atoms. The van der Waals surface area contributed by atoms with Crippen molar-refractivity contribution in [2.75, 3.05) is 0 Å². The van der Waals surface area contributed by atoms with E-state index in [1.807, 2.05) is 99.6 Å². The average Bonchev–Trinajstić information content (AvgIpc) is 3.14. The van der Waals surface area contributed by atoms with Crippen molar-refractivity contribution in [3.8, 4) is 0 Å². The number of rotatable bonds is 8. The zero-order valence-corrected chi connectivity index (χ0v) is 23.3. The van der Waals surface area contributed by atoms with E-state index in [0.29, 0.717) is 5.56 Å². The molecule has 0 radical (unpaired) electrons. The SMILES string of the molecule is CC(C)(C)S(=O)N[C@@H]1[C@H]([C@H](O)c2ccccc2)CCCC[C@H]1[C@H](OC(=O)c1ccccc1)c1ccccc1. The molecule has 5 nitrogen and oxygen atoms in total. The maximum Gasteiger partial charge on any atom is 0.338 e. The number of carbonyl (C=O) groups excluding carboxylic acids is 1. The summed E-state index contributed by atoms with van der Waals surface area (Å²) < 4.78 is 22.7. The Bertz CT molecular complexity index is 1180. The fourth-order valence-corrected chi connectivity index (χ4v) is 6.26. The third kappa shape index (κ3) is 6.99. The van der Waals surface area contributed by atoms with E-state index in [9.17, 15) is 14.1 Å². The van der Waals surface area contributed by atoms with Gasteiger partial charge in [-0.2, -0.15) is 0 Å². The van der Waals surface area contributed by atoms with Crippen LogP contribution in [0.4, 0.5) is 0 Å². The summed E-state index contributed by atoms with van der Waals surface area (Å²) in [7, 11) is -1.38. The number of carbonyl (C=O) groups is 1. The Morgan fingerprint density at radius 2 is 1.34 bits per heavy atom. The molecule has 1 unspecified atom stereocenters. The van der Waals surface area contributed by atoms with Crippen LogP contribution in [-0.4, -0.2) is 26.1 Å². The van der Waals surface area contributed by atoms with Crippen molar-refractivity contribution in [1.29, 1.82) is 0 Å². The summed E-state index contributed by atoms with van der Waals surface area (Å²) in [6.07, 6.45) is 2.10. The van der Waals surface area contributed by atoms with Gasteiger partial charge in [0.1, 0.15) is 6.10 Å². The van der Waals surface area contributed by atoms with Gasteiger partial charge in [-0.05, 0) is 56.9 Å². The smallest absolute Gasteiger partial charge is 0.338 e. The van der Waals surface area contributed by atoms with Gasteiger partial charge in [-0.1, -0.05) is 91.7 Å². The number of aliphatic hydroxyl groups is 1. The lowest BCUT2D eigenvalue weighted by molar-refractivity contribution is -0.00615. The highest BCUT2D eigenvalue weighted by atomic mass is 32.2. The molecular formula is C32H39NO4S. The van der Waals surface area contributed by atoms with Gasteiger partial charge in [-0.25, -0.2) is 13.7 Å². The summed E-state index contributed by atoms with van der Waals surface area (Å²) in [6.45, 7) is 5.82. The summed E-state index contributed by atoms with van der Waals surface area (Å²) in [5, 5.41) is 11.6.